The number of rotatable bonds is 6. The van der Waals surface area contributed by atoms with Gasteiger partial charge >= 0.3 is 0 Å². The third kappa shape index (κ3) is 5.13. The molecule has 0 radical (unpaired) electrons. The minimum absolute atomic E-state index is 0. The summed E-state index contributed by atoms with van der Waals surface area (Å²) in [6.07, 6.45) is 3.59. The lowest BCUT2D eigenvalue weighted by molar-refractivity contribution is -0.123. The molecule has 2 fully saturated rings. The Morgan fingerprint density at radius 2 is 2.07 bits per heavy atom. The summed E-state index contributed by atoms with van der Waals surface area (Å²) in [5.74, 6) is 0.501. The van der Waals surface area contributed by atoms with Gasteiger partial charge in [0.15, 0.2) is 0 Å². The maximum Gasteiger partial charge on any atom is 0.246 e. The van der Waals surface area contributed by atoms with Crippen LogP contribution < -0.4 is 15.4 Å². The van der Waals surface area contributed by atoms with E-state index in [9.17, 15) is 13.2 Å². The molecule has 1 aromatic rings. The van der Waals surface area contributed by atoms with Crippen molar-refractivity contribution in [3.63, 3.8) is 0 Å². The zero-order chi connectivity index (χ0) is 18.6. The van der Waals surface area contributed by atoms with Crippen LogP contribution in [0.5, 0.6) is 5.75 Å². The van der Waals surface area contributed by atoms with Crippen LogP contribution in [0, 0.1) is 5.92 Å². The molecule has 27 heavy (non-hydrogen) atoms. The number of piperidine rings is 1. The number of carbonyl (C=O) groups is 1. The van der Waals surface area contributed by atoms with Crippen molar-refractivity contribution < 1.29 is 17.9 Å². The second kappa shape index (κ2) is 9.73. The number of carbonyl (C=O) groups excluding carboxylic acids is 1. The summed E-state index contributed by atoms with van der Waals surface area (Å²) in [5.41, 5.74) is 0. The fourth-order valence-electron chi connectivity index (χ4n) is 3.66. The Balaban J connectivity index is 0.00000261. The van der Waals surface area contributed by atoms with Crippen LogP contribution in [0.15, 0.2) is 29.2 Å². The standard InChI is InChI=1S/C18H27N3O4S.ClH/c1-25-16-8-2-3-9-17(16)26(23,24)21-11-5-6-14(13-21)12-20-18(22)15-7-4-10-19-15;/h2-3,8-9,14-15,19H,4-7,10-13H2,1H3,(H,20,22);1H. The van der Waals surface area contributed by atoms with Gasteiger partial charge in [-0.3, -0.25) is 4.79 Å². The van der Waals surface area contributed by atoms with Crippen LogP contribution in [0.3, 0.4) is 0 Å². The van der Waals surface area contributed by atoms with Crippen LogP contribution in [0.25, 0.3) is 0 Å². The first kappa shape index (κ1) is 21.9. The number of nitrogens with one attached hydrogen (secondary N) is 2. The average Bonchev–Trinajstić information content (AvgIpc) is 3.21. The van der Waals surface area contributed by atoms with E-state index in [0.717, 1.165) is 32.2 Å². The third-order valence-electron chi connectivity index (χ3n) is 5.11. The first-order valence-corrected chi connectivity index (χ1v) is 10.6. The summed E-state index contributed by atoms with van der Waals surface area (Å²) < 4.78 is 32.7. The Hall–Kier alpha value is -1.35. The first-order chi connectivity index (χ1) is 12.5. The van der Waals surface area contributed by atoms with Gasteiger partial charge in [-0.15, -0.1) is 12.4 Å². The molecule has 2 heterocycles. The van der Waals surface area contributed by atoms with Crippen molar-refractivity contribution in [1.82, 2.24) is 14.9 Å². The second-order valence-electron chi connectivity index (χ2n) is 6.92. The molecule has 0 saturated carbocycles. The Labute approximate surface area is 167 Å². The zero-order valence-electron chi connectivity index (χ0n) is 15.5. The first-order valence-electron chi connectivity index (χ1n) is 9.16. The number of methoxy groups -OCH3 is 1. The minimum atomic E-state index is -3.61. The molecule has 9 heteroatoms. The van der Waals surface area contributed by atoms with Gasteiger partial charge in [0.05, 0.1) is 13.2 Å². The summed E-state index contributed by atoms with van der Waals surface area (Å²) in [4.78, 5) is 12.3. The molecule has 2 N–H and O–H groups in total. The fraction of sp³-hybridized carbons (Fsp3) is 0.611. The summed E-state index contributed by atoms with van der Waals surface area (Å²) in [7, 11) is -2.14. The number of hydrogen-bond donors (Lipinski definition) is 2. The Bertz CT molecular complexity index is 738. The van der Waals surface area contributed by atoms with E-state index in [1.165, 1.54) is 11.4 Å². The predicted molar refractivity (Wildman–Crippen MR) is 106 cm³/mol. The van der Waals surface area contributed by atoms with E-state index in [1.807, 2.05) is 0 Å². The molecular weight excluding hydrogens is 390 g/mol. The molecule has 2 atom stereocenters. The lowest BCUT2D eigenvalue weighted by Crippen LogP contribution is -2.46. The van der Waals surface area contributed by atoms with Gasteiger partial charge in [0.2, 0.25) is 15.9 Å². The molecule has 2 saturated heterocycles. The molecule has 0 spiro atoms. The molecule has 1 aromatic carbocycles. The number of para-hydroxylation sites is 1. The number of hydrogen-bond acceptors (Lipinski definition) is 5. The third-order valence-corrected chi connectivity index (χ3v) is 7.01. The van der Waals surface area contributed by atoms with Crippen molar-refractivity contribution in [1.29, 1.82) is 0 Å². The highest BCUT2D eigenvalue weighted by atomic mass is 35.5. The number of halogens is 1. The summed E-state index contributed by atoms with van der Waals surface area (Å²) in [6.45, 7) is 2.30. The predicted octanol–water partition coefficient (Wildman–Crippen LogP) is 1.39. The molecule has 152 valence electrons. The number of amides is 1. The Morgan fingerprint density at radius 1 is 1.30 bits per heavy atom. The van der Waals surface area contributed by atoms with Crippen molar-refractivity contribution in [2.24, 2.45) is 5.92 Å². The molecule has 2 aliphatic heterocycles. The van der Waals surface area contributed by atoms with Gasteiger partial charge in [-0.1, -0.05) is 12.1 Å². The highest BCUT2D eigenvalue weighted by molar-refractivity contribution is 7.89. The van der Waals surface area contributed by atoms with Gasteiger partial charge < -0.3 is 15.4 Å². The lowest BCUT2D eigenvalue weighted by atomic mass is 9.99. The molecular formula is C18H28ClN3O4S. The lowest BCUT2D eigenvalue weighted by Gasteiger charge is -2.32. The van der Waals surface area contributed by atoms with Gasteiger partial charge in [-0.25, -0.2) is 8.42 Å². The minimum Gasteiger partial charge on any atom is -0.495 e. The molecule has 7 nitrogen and oxygen atoms in total. The van der Waals surface area contributed by atoms with Crippen molar-refractivity contribution in [2.75, 3.05) is 33.3 Å². The SMILES string of the molecule is COc1ccccc1S(=O)(=O)N1CCCC(CNC(=O)C2CCCN2)C1.Cl. The largest absolute Gasteiger partial charge is 0.495 e. The van der Waals surface area contributed by atoms with Crippen LogP contribution in [-0.2, 0) is 14.8 Å². The molecule has 1 amide bonds. The molecule has 2 aliphatic rings. The van der Waals surface area contributed by atoms with Crippen molar-refractivity contribution in [3.8, 4) is 5.75 Å². The van der Waals surface area contributed by atoms with E-state index < -0.39 is 10.0 Å². The van der Waals surface area contributed by atoms with Gasteiger partial charge in [0.25, 0.3) is 0 Å². The maximum absolute atomic E-state index is 13.0. The van der Waals surface area contributed by atoms with Crippen LogP contribution in [0.4, 0.5) is 0 Å². The highest BCUT2D eigenvalue weighted by Crippen LogP contribution is 2.29. The van der Waals surface area contributed by atoms with E-state index in [0.29, 0.717) is 25.4 Å². The number of benzene rings is 1. The fourth-order valence-corrected chi connectivity index (χ4v) is 5.37. The molecule has 2 unspecified atom stereocenters. The Kier molecular flexibility index (Phi) is 7.91. The van der Waals surface area contributed by atoms with Crippen molar-refractivity contribution in [2.45, 2.75) is 36.6 Å². The second-order valence-corrected chi connectivity index (χ2v) is 8.82. The molecule has 0 aromatic heterocycles. The van der Waals surface area contributed by atoms with E-state index >= 15 is 0 Å². The van der Waals surface area contributed by atoms with Gasteiger partial charge in [0, 0.05) is 19.6 Å². The van der Waals surface area contributed by atoms with E-state index in [1.54, 1.807) is 24.3 Å². The summed E-state index contributed by atoms with van der Waals surface area (Å²) in [5, 5.41) is 6.16. The number of ether oxygens (including phenoxy) is 1. The number of nitrogens with zero attached hydrogens (tertiary/aromatic N) is 1. The quantitative estimate of drug-likeness (QED) is 0.730. The average molecular weight is 418 g/mol. The maximum atomic E-state index is 13.0. The van der Waals surface area contributed by atoms with Crippen LogP contribution >= 0.6 is 12.4 Å². The van der Waals surface area contributed by atoms with E-state index in [4.69, 9.17) is 4.74 Å². The van der Waals surface area contributed by atoms with Gasteiger partial charge in [-0.2, -0.15) is 4.31 Å². The molecule has 0 bridgehead atoms. The van der Waals surface area contributed by atoms with Gasteiger partial charge in [-0.05, 0) is 50.3 Å². The van der Waals surface area contributed by atoms with Gasteiger partial charge in [0.1, 0.15) is 10.6 Å². The monoisotopic (exact) mass is 417 g/mol. The molecule has 0 aliphatic carbocycles. The van der Waals surface area contributed by atoms with E-state index in [-0.39, 0.29) is 35.2 Å². The van der Waals surface area contributed by atoms with Crippen molar-refractivity contribution >= 4 is 28.3 Å². The summed E-state index contributed by atoms with van der Waals surface area (Å²) >= 11 is 0. The Morgan fingerprint density at radius 3 is 2.78 bits per heavy atom. The van der Waals surface area contributed by atoms with E-state index in [2.05, 4.69) is 10.6 Å². The zero-order valence-corrected chi connectivity index (χ0v) is 17.2. The smallest absolute Gasteiger partial charge is 0.246 e. The van der Waals surface area contributed by atoms with Crippen LogP contribution in [-0.4, -0.2) is 58.0 Å². The molecule has 3 rings (SSSR count). The topological polar surface area (TPSA) is 87.7 Å². The normalized spacial score (nSPS) is 23.4. The highest BCUT2D eigenvalue weighted by Gasteiger charge is 2.32. The van der Waals surface area contributed by atoms with Crippen LogP contribution in [0.1, 0.15) is 25.7 Å². The van der Waals surface area contributed by atoms with Crippen molar-refractivity contribution in [3.05, 3.63) is 24.3 Å². The number of sulfonamides is 1. The van der Waals surface area contributed by atoms with Crippen LogP contribution in [0.2, 0.25) is 0 Å². The summed E-state index contributed by atoms with van der Waals surface area (Å²) in [6, 6.07) is 6.58.